The number of phenolic OH excluding ortho intramolecular Hbond substituents is 1. The summed E-state index contributed by atoms with van der Waals surface area (Å²) in [7, 11) is 0. The number of aliphatic hydroxyl groups excluding tert-OH is 1. The summed E-state index contributed by atoms with van der Waals surface area (Å²) in [5.41, 5.74) is 18.0. The summed E-state index contributed by atoms with van der Waals surface area (Å²) in [5, 5.41) is 51.2. The number of nitrogens with zero attached hydrogens (tertiary/aromatic N) is 1. The van der Waals surface area contributed by atoms with Crippen LogP contribution >= 0.6 is 0 Å². The van der Waals surface area contributed by atoms with E-state index in [9.17, 15) is 68.1 Å². The molecule has 75 heavy (non-hydrogen) atoms. The van der Waals surface area contributed by atoms with Gasteiger partial charge in [-0.1, -0.05) is 39.8 Å². The van der Waals surface area contributed by atoms with Gasteiger partial charge in [-0.15, -0.1) is 0 Å². The number of carbonyl (C=O) groups excluding carboxylic acids is 10. The average Bonchev–Trinajstić information content (AvgIpc) is 3.85. The van der Waals surface area contributed by atoms with Crippen LogP contribution in [0.2, 0.25) is 0 Å². The van der Waals surface area contributed by atoms with Gasteiger partial charge in [-0.2, -0.15) is 0 Å². The molecular formula is C47H74N14O14. The van der Waals surface area contributed by atoms with Crippen molar-refractivity contribution in [2.45, 2.75) is 141 Å². The monoisotopic (exact) mass is 1060 g/mol. The Balaban J connectivity index is 2.10. The number of unbranched alkanes of at least 4 members (excludes halogenated alkanes) is 1. The maximum Gasteiger partial charge on any atom is 0.326 e. The van der Waals surface area contributed by atoms with Crippen LogP contribution in [-0.4, -0.2) is 164 Å². The number of carboxylic acids is 1. The van der Waals surface area contributed by atoms with Crippen LogP contribution in [0.1, 0.15) is 84.9 Å². The van der Waals surface area contributed by atoms with Crippen molar-refractivity contribution in [2.75, 3.05) is 19.6 Å². The first-order valence-electron chi connectivity index (χ1n) is 24.3. The molecule has 0 aliphatic heterocycles. The molecule has 0 aliphatic rings. The zero-order chi connectivity index (χ0) is 56.5. The first-order valence-corrected chi connectivity index (χ1v) is 24.3. The number of amides is 10. The van der Waals surface area contributed by atoms with Crippen LogP contribution in [0.15, 0.2) is 36.8 Å². The van der Waals surface area contributed by atoms with Crippen LogP contribution in [0.4, 0.5) is 0 Å². The van der Waals surface area contributed by atoms with Crippen molar-refractivity contribution in [3.05, 3.63) is 48.0 Å². The number of phenols is 1. The lowest BCUT2D eigenvalue weighted by Crippen LogP contribution is -2.60. The van der Waals surface area contributed by atoms with E-state index in [2.05, 4.69) is 57.8 Å². The fraction of sp³-hybridized carbons (Fsp3) is 0.574. The van der Waals surface area contributed by atoms with Crippen molar-refractivity contribution in [3.8, 4) is 5.75 Å². The lowest BCUT2D eigenvalue weighted by atomic mass is 10.0. The highest BCUT2D eigenvalue weighted by atomic mass is 16.4. The Bertz CT molecular complexity index is 2260. The molecule has 2 rings (SSSR count). The quantitative estimate of drug-likeness (QED) is 0.0298. The Labute approximate surface area is 433 Å². The molecule has 0 aliphatic carbocycles. The molecule has 0 fully saturated rings. The first kappa shape index (κ1) is 63.4. The van der Waals surface area contributed by atoms with E-state index in [0.29, 0.717) is 17.7 Å². The standard InChI is InChI=1S/C47H74N14O14/c1-23(2)15-34(47(74)75)60-46(73)39(26(6)62)61-42(69)30(9-7-8-14-48)57-44(71)33(18-35(49)64)56-37(66)21-52-40(67)25(5)55-36(65)20-53-41(68)32(17-28-19-51-22-54-28)58-43(70)31(59-45(72)38(50)24(3)4)16-27-10-12-29(63)13-11-27/h10-13,19,22-26,30-34,38-39,62-63H,7-9,14-18,20-21,48,50H2,1-6H3,(H2,49,64)(H,51,54)(H,52,67)(H,53,68)(H,55,65)(H,56,66)(H,57,71)(H,58,70)(H,59,72)(H,60,73)(H,61,69)(H,74,75)/t25-,26+,30-,31-,32-,33-,34-,38-,39-/m0/s1. The summed E-state index contributed by atoms with van der Waals surface area (Å²) < 4.78 is 0. The first-order chi connectivity index (χ1) is 35.2. The number of imidazole rings is 1. The third kappa shape index (κ3) is 23.4. The van der Waals surface area contributed by atoms with E-state index in [1.54, 1.807) is 39.8 Å². The topological polar surface area (TPSA) is 463 Å². The van der Waals surface area contributed by atoms with Crippen LogP contribution in [0.3, 0.4) is 0 Å². The number of aromatic hydroxyl groups is 1. The highest BCUT2D eigenvalue weighted by Gasteiger charge is 2.35. The molecule has 0 saturated heterocycles. The van der Waals surface area contributed by atoms with Crippen molar-refractivity contribution in [1.29, 1.82) is 0 Å². The largest absolute Gasteiger partial charge is 0.508 e. The number of carbonyl (C=O) groups is 11. The summed E-state index contributed by atoms with van der Waals surface area (Å²) in [4.78, 5) is 150. The van der Waals surface area contributed by atoms with Gasteiger partial charge >= 0.3 is 5.97 Å². The number of carboxylic acid groups (broad SMARTS) is 1. The molecule has 19 N–H and O–H groups in total. The maximum absolute atomic E-state index is 13.8. The second-order valence-electron chi connectivity index (χ2n) is 18.7. The van der Waals surface area contributed by atoms with Crippen molar-refractivity contribution >= 4 is 65.0 Å². The summed E-state index contributed by atoms with van der Waals surface area (Å²) in [6, 6.07) is -5.11. The number of primary amides is 1. The number of nitrogens with two attached hydrogens (primary N) is 3. The minimum Gasteiger partial charge on any atom is -0.508 e. The summed E-state index contributed by atoms with van der Waals surface area (Å²) in [6.07, 6.45) is 0.874. The van der Waals surface area contributed by atoms with Gasteiger partial charge in [0.1, 0.15) is 48.0 Å². The van der Waals surface area contributed by atoms with Gasteiger partial charge in [0, 0.05) is 24.7 Å². The number of H-pyrrole nitrogens is 1. The lowest BCUT2D eigenvalue weighted by molar-refractivity contribution is -0.143. The molecule has 0 bridgehead atoms. The average molecular weight is 1060 g/mol. The fourth-order valence-corrected chi connectivity index (χ4v) is 7.02. The Morgan fingerprint density at radius 1 is 0.640 bits per heavy atom. The molecule has 28 heteroatoms. The summed E-state index contributed by atoms with van der Waals surface area (Å²) in [6.45, 7) is 8.05. The predicted octanol–water partition coefficient (Wildman–Crippen LogP) is -4.95. The van der Waals surface area contributed by atoms with E-state index in [0.717, 1.165) is 0 Å². The molecule has 9 atom stereocenters. The molecule has 28 nitrogen and oxygen atoms in total. The highest BCUT2D eigenvalue weighted by molar-refractivity contribution is 5.98. The van der Waals surface area contributed by atoms with Gasteiger partial charge in [-0.3, -0.25) is 47.9 Å². The third-order valence-electron chi connectivity index (χ3n) is 11.3. The molecule has 416 valence electrons. The Morgan fingerprint density at radius 2 is 1.19 bits per heavy atom. The summed E-state index contributed by atoms with van der Waals surface area (Å²) >= 11 is 0. The molecule has 0 spiro atoms. The van der Waals surface area contributed by atoms with Gasteiger partial charge in [0.25, 0.3) is 0 Å². The highest BCUT2D eigenvalue weighted by Crippen LogP contribution is 2.13. The Kier molecular flexibility index (Phi) is 26.9. The molecular weight excluding hydrogens is 985 g/mol. The van der Waals surface area contributed by atoms with Gasteiger partial charge in [0.15, 0.2) is 0 Å². The molecule has 1 aromatic carbocycles. The smallest absolute Gasteiger partial charge is 0.326 e. The van der Waals surface area contributed by atoms with E-state index in [1.165, 1.54) is 38.5 Å². The van der Waals surface area contributed by atoms with Crippen molar-refractivity contribution in [2.24, 2.45) is 29.0 Å². The molecule has 0 radical (unpaired) electrons. The number of aromatic nitrogens is 2. The van der Waals surface area contributed by atoms with Crippen molar-refractivity contribution in [1.82, 2.24) is 57.8 Å². The molecule has 1 heterocycles. The van der Waals surface area contributed by atoms with E-state index in [-0.39, 0.29) is 56.2 Å². The van der Waals surface area contributed by atoms with Gasteiger partial charge < -0.3 is 85.4 Å². The predicted molar refractivity (Wildman–Crippen MR) is 268 cm³/mol. The number of aromatic amines is 1. The van der Waals surface area contributed by atoms with Crippen LogP contribution in [0.5, 0.6) is 5.75 Å². The number of nitrogens with one attached hydrogen (secondary N) is 10. The van der Waals surface area contributed by atoms with E-state index >= 15 is 0 Å². The molecule has 0 unspecified atom stereocenters. The van der Waals surface area contributed by atoms with Crippen LogP contribution < -0.4 is 65.1 Å². The zero-order valence-corrected chi connectivity index (χ0v) is 42.9. The minimum absolute atomic E-state index is 0.0270. The van der Waals surface area contributed by atoms with Crippen molar-refractivity contribution in [3.63, 3.8) is 0 Å². The van der Waals surface area contributed by atoms with E-state index in [4.69, 9.17) is 17.2 Å². The van der Waals surface area contributed by atoms with Gasteiger partial charge in [0.2, 0.25) is 59.1 Å². The molecule has 1 aromatic heterocycles. The second kappa shape index (κ2) is 31.8. The van der Waals surface area contributed by atoms with E-state index < -0.39 is 139 Å². The Hall–Kier alpha value is -7.72. The molecule has 2 aromatic rings. The van der Waals surface area contributed by atoms with Crippen LogP contribution in [0, 0.1) is 11.8 Å². The summed E-state index contributed by atoms with van der Waals surface area (Å²) in [5.74, 6) is -11.0. The maximum atomic E-state index is 13.8. The van der Waals surface area contributed by atoms with Crippen molar-refractivity contribution < 1.29 is 68.1 Å². The number of aliphatic carboxylic acids is 1. The fourth-order valence-electron chi connectivity index (χ4n) is 7.02. The number of hydrogen-bond donors (Lipinski definition) is 16. The number of benzene rings is 1. The van der Waals surface area contributed by atoms with Gasteiger partial charge in [0.05, 0.1) is 38.0 Å². The third-order valence-corrected chi connectivity index (χ3v) is 11.3. The Morgan fingerprint density at radius 3 is 1.73 bits per heavy atom. The van der Waals surface area contributed by atoms with Gasteiger partial charge in [-0.05, 0) is 75.6 Å². The lowest BCUT2D eigenvalue weighted by Gasteiger charge is -2.27. The van der Waals surface area contributed by atoms with Crippen LogP contribution in [-0.2, 0) is 65.6 Å². The molecule has 0 saturated carbocycles. The van der Waals surface area contributed by atoms with Gasteiger partial charge in [-0.25, -0.2) is 9.78 Å². The molecule has 10 amide bonds. The number of rotatable bonds is 33. The minimum atomic E-state index is -1.70. The second-order valence-corrected chi connectivity index (χ2v) is 18.7. The van der Waals surface area contributed by atoms with Crippen LogP contribution in [0.25, 0.3) is 0 Å². The number of aliphatic hydroxyl groups is 1. The SMILES string of the molecule is CC(C)C[C@H](NC(=O)[C@@H](NC(=O)[C@H](CCCCN)NC(=O)[C@H](CC(N)=O)NC(=O)CNC(=O)[C@H](C)NC(=O)CNC(=O)[C@H](Cc1cnc[nH]1)NC(=O)[C@H](Cc1ccc(O)cc1)NC(=O)[C@@H](N)C(C)C)[C@@H](C)O)C(=O)O. The zero-order valence-electron chi connectivity index (χ0n) is 42.9. The number of hydrogen-bond acceptors (Lipinski definition) is 16. The normalized spacial score (nSPS) is 14.7. The van der Waals surface area contributed by atoms with E-state index in [1.807, 2.05) is 0 Å².